The lowest BCUT2D eigenvalue weighted by molar-refractivity contribution is -0.130. The normalized spacial score (nSPS) is 15.4. The fraction of sp³-hybridized carbons (Fsp3) is 0.333. The summed E-state index contributed by atoms with van der Waals surface area (Å²) in [7, 11) is 0. The molecule has 0 bridgehead atoms. The Hall–Kier alpha value is -4.14. The number of benzene rings is 3. The summed E-state index contributed by atoms with van der Waals surface area (Å²) in [5, 5.41) is 10.6. The van der Waals surface area contributed by atoms with Crippen molar-refractivity contribution in [3.05, 3.63) is 88.5 Å². The summed E-state index contributed by atoms with van der Waals surface area (Å²) < 4.78 is 38.9. The van der Waals surface area contributed by atoms with Crippen LogP contribution < -0.4 is 9.47 Å². The summed E-state index contributed by atoms with van der Waals surface area (Å²) in [5.74, 6) is -0.375. The van der Waals surface area contributed by atoms with E-state index in [0.717, 1.165) is 41.7 Å². The number of phenols is 1. The Morgan fingerprint density at radius 2 is 1.69 bits per heavy atom. The molecular formula is C30H30F2N2O5. The number of alkyl halides is 2. The van der Waals surface area contributed by atoms with Crippen LogP contribution in [0.1, 0.15) is 58.8 Å². The molecule has 1 N–H and O–H groups in total. The van der Waals surface area contributed by atoms with Crippen LogP contribution in [0.15, 0.2) is 60.7 Å². The van der Waals surface area contributed by atoms with E-state index in [1.165, 1.54) is 0 Å². The fourth-order valence-corrected chi connectivity index (χ4v) is 5.04. The highest BCUT2D eigenvalue weighted by atomic mass is 19.3. The highest BCUT2D eigenvalue weighted by molar-refractivity contribution is 6.00. The SMILES string of the molecule is CC(=O)N1CCC(Oc2ccc3c(c2)CN(C(=O)c2c(O)cc(C(F)F)cc2OCc2ccccc2)C3)CC1. The Balaban J connectivity index is 1.31. The molecule has 9 heteroatoms. The van der Waals surface area contributed by atoms with Crippen molar-refractivity contribution in [2.75, 3.05) is 13.1 Å². The molecular weight excluding hydrogens is 506 g/mol. The third-order valence-electron chi connectivity index (χ3n) is 7.18. The number of likely N-dealkylation sites (tertiary alicyclic amines) is 1. The minimum Gasteiger partial charge on any atom is -0.507 e. The zero-order valence-corrected chi connectivity index (χ0v) is 21.6. The molecule has 7 nitrogen and oxygen atoms in total. The lowest BCUT2D eigenvalue weighted by Crippen LogP contribution is -2.40. The summed E-state index contributed by atoms with van der Waals surface area (Å²) in [6.45, 7) is 3.53. The first kappa shape index (κ1) is 26.5. The maximum Gasteiger partial charge on any atom is 0.264 e. The Morgan fingerprint density at radius 1 is 0.974 bits per heavy atom. The maximum atomic E-state index is 13.6. The van der Waals surface area contributed by atoms with Crippen LogP contribution in [0.4, 0.5) is 8.78 Å². The van der Waals surface area contributed by atoms with Gasteiger partial charge < -0.3 is 24.4 Å². The summed E-state index contributed by atoms with van der Waals surface area (Å²) in [5.41, 5.74) is 2.09. The number of carbonyl (C=O) groups is 2. The monoisotopic (exact) mass is 536 g/mol. The minimum absolute atomic E-state index is 0.00686. The minimum atomic E-state index is -2.83. The van der Waals surface area contributed by atoms with E-state index in [9.17, 15) is 23.5 Å². The van der Waals surface area contributed by atoms with Gasteiger partial charge in [-0.1, -0.05) is 36.4 Å². The van der Waals surface area contributed by atoms with Crippen LogP contribution in [0.3, 0.4) is 0 Å². The summed E-state index contributed by atoms with van der Waals surface area (Å²) >= 11 is 0. The molecule has 0 aliphatic carbocycles. The van der Waals surface area contributed by atoms with Gasteiger partial charge in [-0.3, -0.25) is 9.59 Å². The molecule has 3 aromatic rings. The Labute approximate surface area is 225 Å². The molecule has 2 aliphatic heterocycles. The van der Waals surface area contributed by atoms with Gasteiger partial charge in [-0.25, -0.2) is 8.78 Å². The lowest BCUT2D eigenvalue weighted by atomic mass is 10.1. The smallest absolute Gasteiger partial charge is 0.264 e. The van der Waals surface area contributed by atoms with Gasteiger partial charge in [-0.15, -0.1) is 0 Å². The van der Waals surface area contributed by atoms with Crippen LogP contribution >= 0.6 is 0 Å². The van der Waals surface area contributed by atoms with Crippen LogP contribution in [0.25, 0.3) is 0 Å². The first-order valence-electron chi connectivity index (χ1n) is 12.9. The number of amides is 2. The van der Waals surface area contributed by atoms with Crippen molar-refractivity contribution in [1.82, 2.24) is 9.80 Å². The van der Waals surface area contributed by atoms with Crippen molar-refractivity contribution >= 4 is 11.8 Å². The van der Waals surface area contributed by atoms with Crippen molar-refractivity contribution in [2.24, 2.45) is 0 Å². The van der Waals surface area contributed by atoms with Gasteiger partial charge in [0.25, 0.3) is 12.3 Å². The molecule has 1 saturated heterocycles. The zero-order valence-electron chi connectivity index (χ0n) is 21.6. The second-order valence-electron chi connectivity index (χ2n) is 9.90. The maximum absolute atomic E-state index is 13.6. The molecule has 0 spiro atoms. The molecule has 5 rings (SSSR count). The number of hydrogen-bond donors (Lipinski definition) is 1. The molecule has 0 aromatic heterocycles. The number of phenolic OH excluding ortho intramolecular Hbond substituents is 1. The van der Waals surface area contributed by atoms with Crippen molar-refractivity contribution in [1.29, 1.82) is 0 Å². The summed E-state index contributed by atoms with van der Waals surface area (Å²) in [6, 6.07) is 16.9. The Bertz CT molecular complexity index is 1360. The number of ether oxygens (including phenoxy) is 2. The number of fused-ring (bicyclic) bond motifs is 1. The van der Waals surface area contributed by atoms with Crippen LogP contribution in [0.5, 0.6) is 17.2 Å². The summed E-state index contributed by atoms with van der Waals surface area (Å²) in [6.07, 6.45) is -1.32. The molecule has 3 aromatic carbocycles. The van der Waals surface area contributed by atoms with Gasteiger partial charge in [-0.05, 0) is 41.0 Å². The molecule has 0 radical (unpaired) electrons. The molecule has 2 amide bonds. The number of halogens is 2. The van der Waals surface area contributed by atoms with Crippen LogP contribution in [0, 0.1) is 0 Å². The van der Waals surface area contributed by atoms with Crippen molar-refractivity contribution in [3.63, 3.8) is 0 Å². The van der Waals surface area contributed by atoms with E-state index in [1.54, 1.807) is 11.8 Å². The Morgan fingerprint density at radius 3 is 2.38 bits per heavy atom. The third kappa shape index (κ3) is 5.97. The van der Waals surface area contributed by atoms with E-state index in [0.29, 0.717) is 25.4 Å². The lowest BCUT2D eigenvalue weighted by Gasteiger charge is -2.31. The predicted molar refractivity (Wildman–Crippen MR) is 140 cm³/mol. The van der Waals surface area contributed by atoms with Crippen LogP contribution in [0.2, 0.25) is 0 Å². The van der Waals surface area contributed by atoms with Gasteiger partial charge in [0.1, 0.15) is 35.5 Å². The van der Waals surface area contributed by atoms with E-state index < -0.39 is 23.6 Å². The largest absolute Gasteiger partial charge is 0.507 e. The molecule has 0 unspecified atom stereocenters. The van der Waals surface area contributed by atoms with Gasteiger partial charge >= 0.3 is 0 Å². The topological polar surface area (TPSA) is 79.3 Å². The van der Waals surface area contributed by atoms with Crippen molar-refractivity contribution in [2.45, 2.75) is 52.0 Å². The average molecular weight is 537 g/mol. The average Bonchev–Trinajstić information content (AvgIpc) is 3.36. The van der Waals surface area contributed by atoms with Gasteiger partial charge in [0.15, 0.2) is 0 Å². The number of nitrogens with zero attached hydrogens (tertiary/aromatic N) is 2. The second kappa shape index (κ2) is 11.3. The predicted octanol–water partition coefficient (Wildman–Crippen LogP) is 5.45. The summed E-state index contributed by atoms with van der Waals surface area (Å²) in [4.78, 5) is 28.5. The van der Waals surface area contributed by atoms with E-state index in [-0.39, 0.29) is 36.5 Å². The van der Waals surface area contributed by atoms with Gasteiger partial charge in [0.05, 0.1) is 0 Å². The standard InChI is InChI=1S/C30H30F2N2O5/c1-19(35)33-11-9-24(10-12-33)39-25-8-7-21-16-34(17-23(21)13-25)30(37)28-26(36)14-22(29(31)32)15-27(28)38-18-20-5-3-2-4-6-20/h2-8,13-15,24,29,36H,9-12,16-18H2,1H3. The van der Waals surface area contributed by atoms with E-state index >= 15 is 0 Å². The molecule has 39 heavy (non-hydrogen) atoms. The highest BCUT2D eigenvalue weighted by Gasteiger charge is 2.30. The first-order valence-corrected chi connectivity index (χ1v) is 12.9. The number of piperidine rings is 1. The van der Waals surface area contributed by atoms with E-state index in [2.05, 4.69) is 0 Å². The number of rotatable bonds is 7. The molecule has 0 saturated carbocycles. The zero-order chi connectivity index (χ0) is 27.5. The van der Waals surface area contributed by atoms with Gasteiger partial charge in [0, 0.05) is 51.5 Å². The van der Waals surface area contributed by atoms with Crippen molar-refractivity contribution < 1.29 is 33.0 Å². The molecule has 2 aliphatic rings. The molecule has 2 heterocycles. The third-order valence-corrected chi connectivity index (χ3v) is 7.18. The second-order valence-corrected chi connectivity index (χ2v) is 9.90. The highest BCUT2D eigenvalue weighted by Crippen LogP contribution is 2.37. The number of aromatic hydroxyl groups is 1. The van der Waals surface area contributed by atoms with Crippen molar-refractivity contribution in [3.8, 4) is 17.2 Å². The van der Waals surface area contributed by atoms with Crippen LogP contribution in [-0.2, 0) is 24.5 Å². The molecule has 0 atom stereocenters. The number of hydrogen-bond acceptors (Lipinski definition) is 5. The van der Waals surface area contributed by atoms with Gasteiger partial charge in [0.2, 0.25) is 5.91 Å². The Kier molecular flexibility index (Phi) is 7.67. The van der Waals surface area contributed by atoms with E-state index in [4.69, 9.17) is 9.47 Å². The molecule has 204 valence electrons. The molecule has 1 fully saturated rings. The quantitative estimate of drug-likeness (QED) is 0.434. The van der Waals surface area contributed by atoms with Crippen LogP contribution in [-0.4, -0.2) is 45.9 Å². The number of carbonyl (C=O) groups excluding carboxylic acids is 2. The first-order chi connectivity index (χ1) is 18.8. The van der Waals surface area contributed by atoms with Gasteiger partial charge in [-0.2, -0.15) is 0 Å². The van der Waals surface area contributed by atoms with E-state index in [1.807, 2.05) is 53.4 Å². The fourth-order valence-electron chi connectivity index (χ4n) is 5.04.